The van der Waals surface area contributed by atoms with Gasteiger partial charge in [0.2, 0.25) is 5.91 Å². The van der Waals surface area contributed by atoms with Crippen LogP contribution in [-0.4, -0.2) is 30.2 Å². The summed E-state index contributed by atoms with van der Waals surface area (Å²) in [5.74, 6) is 0.0137. The van der Waals surface area contributed by atoms with Crippen LogP contribution in [0, 0.1) is 5.92 Å². The quantitative estimate of drug-likeness (QED) is 0.719. The molecule has 2 aromatic rings. The van der Waals surface area contributed by atoms with Gasteiger partial charge in [-0.1, -0.05) is 26.0 Å². The number of fused-ring (bicyclic) bond motifs is 1. The van der Waals surface area contributed by atoms with E-state index >= 15 is 0 Å². The van der Waals surface area contributed by atoms with Gasteiger partial charge in [-0.3, -0.25) is 9.36 Å². The molecule has 1 aromatic carbocycles. The van der Waals surface area contributed by atoms with E-state index < -0.39 is 5.76 Å². The van der Waals surface area contributed by atoms with Crippen LogP contribution in [0.1, 0.15) is 26.7 Å². The molecule has 0 aliphatic carbocycles. The van der Waals surface area contributed by atoms with E-state index in [1.54, 1.807) is 6.07 Å². The lowest BCUT2D eigenvalue weighted by atomic mass is 10.2. The number of nitrogens with one attached hydrogen (secondary N) is 1. The first-order valence-electron chi connectivity index (χ1n) is 8.00. The second kappa shape index (κ2) is 8.53. The molecule has 0 saturated heterocycles. The van der Waals surface area contributed by atoms with E-state index in [0.717, 1.165) is 13.0 Å². The smallest absolute Gasteiger partial charge is 0.408 e. The summed E-state index contributed by atoms with van der Waals surface area (Å²) in [6.07, 6.45) is 1.03. The fourth-order valence-electron chi connectivity index (χ4n) is 2.25. The number of nitrogens with zero attached hydrogens (tertiary/aromatic N) is 1. The van der Waals surface area contributed by atoms with Crippen LogP contribution >= 0.6 is 0 Å². The standard InChI is InChI=1S/C17H24N2O4/c1-13(2)12-22-11-5-9-18-16(20)8-10-19-14-6-3-4-7-15(14)23-17(19)21/h3-4,6-7,13H,5,8-12H2,1-2H3,(H,18,20). The Labute approximate surface area is 135 Å². The second-order valence-electron chi connectivity index (χ2n) is 5.91. The predicted octanol–water partition coefficient (Wildman–Crippen LogP) is 2.16. The number of carbonyl (C=O) groups is 1. The fourth-order valence-corrected chi connectivity index (χ4v) is 2.25. The molecule has 0 aliphatic rings. The average molecular weight is 320 g/mol. The van der Waals surface area contributed by atoms with Gasteiger partial charge >= 0.3 is 5.76 Å². The minimum absolute atomic E-state index is 0.0777. The van der Waals surface area contributed by atoms with E-state index in [1.807, 2.05) is 18.2 Å². The number of ether oxygens (including phenoxy) is 1. The Bertz CT molecular complexity index is 687. The van der Waals surface area contributed by atoms with E-state index in [9.17, 15) is 9.59 Å². The number of aryl methyl sites for hydroxylation is 1. The lowest BCUT2D eigenvalue weighted by Gasteiger charge is -2.08. The maximum Gasteiger partial charge on any atom is 0.419 e. The van der Waals surface area contributed by atoms with E-state index in [1.165, 1.54) is 4.57 Å². The fraction of sp³-hybridized carbons (Fsp3) is 0.529. The molecule has 0 atom stereocenters. The second-order valence-corrected chi connectivity index (χ2v) is 5.91. The topological polar surface area (TPSA) is 73.5 Å². The lowest BCUT2D eigenvalue weighted by molar-refractivity contribution is -0.121. The number of para-hydroxylation sites is 2. The Hall–Kier alpha value is -2.08. The molecule has 0 aliphatic heterocycles. The predicted molar refractivity (Wildman–Crippen MR) is 88.4 cm³/mol. The first-order valence-corrected chi connectivity index (χ1v) is 8.00. The van der Waals surface area contributed by atoms with Gasteiger partial charge in [0, 0.05) is 32.7 Å². The molecular weight excluding hydrogens is 296 g/mol. The zero-order valence-electron chi connectivity index (χ0n) is 13.7. The zero-order valence-corrected chi connectivity index (χ0v) is 13.7. The van der Waals surface area contributed by atoms with E-state index in [2.05, 4.69) is 19.2 Å². The van der Waals surface area contributed by atoms with Crippen molar-refractivity contribution in [3.05, 3.63) is 34.8 Å². The van der Waals surface area contributed by atoms with Crippen LogP contribution in [0.3, 0.4) is 0 Å². The van der Waals surface area contributed by atoms with Gasteiger partial charge in [-0.25, -0.2) is 4.79 Å². The molecule has 0 fully saturated rings. The van der Waals surface area contributed by atoms with Gasteiger partial charge < -0.3 is 14.5 Å². The number of aromatic nitrogens is 1. The summed E-state index contributed by atoms with van der Waals surface area (Å²) in [4.78, 5) is 23.6. The first kappa shape index (κ1) is 17.3. The molecule has 1 N–H and O–H groups in total. The minimum Gasteiger partial charge on any atom is -0.408 e. The van der Waals surface area contributed by atoms with Crippen molar-refractivity contribution < 1.29 is 13.9 Å². The Morgan fingerprint density at radius 2 is 2.13 bits per heavy atom. The van der Waals surface area contributed by atoms with Crippen LogP contribution in [0.5, 0.6) is 0 Å². The van der Waals surface area contributed by atoms with Crippen molar-refractivity contribution in [3.8, 4) is 0 Å². The summed E-state index contributed by atoms with van der Waals surface area (Å²) >= 11 is 0. The third-order valence-corrected chi connectivity index (χ3v) is 3.37. The summed E-state index contributed by atoms with van der Waals surface area (Å²) in [7, 11) is 0. The van der Waals surface area contributed by atoms with Crippen LogP contribution in [0.15, 0.2) is 33.5 Å². The van der Waals surface area contributed by atoms with Crippen molar-refractivity contribution in [1.82, 2.24) is 9.88 Å². The number of oxazole rings is 1. The van der Waals surface area contributed by atoms with Gasteiger partial charge in [0.15, 0.2) is 5.58 Å². The molecule has 0 bridgehead atoms. The molecule has 0 saturated carbocycles. The van der Waals surface area contributed by atoms with Crippen LogP contribution in [0.2, 0.25) is 0 Å². The number of carbonyl (C=O) groups excluding carboxylic acids is 1. The normalized spacial score (nSPS) is 11.3. The highest BCUT2D eigenvalue weighted by atomic mass is 16.5. The van der Waals surface area contributed by atoms with Crippen LogP contribution < -0.4 is 11.1 Å². The average Bonchev–Trinajstić information content (AvgIpc) is 2.83. The first-order chi connectivity index (χ1) is 11.1. The molecule has 126 valence electrons. The monoisotopic (exact) mass is 320 g/mol. The third kappa shape index (κ3) is 5.25. The van der Waals surface area contributed by atoms with Crippen molar-refractivity contribution in [1.29, 1.82) is 0 Å². The molecule has 1 aromatic heterocycles. The highest BCUT2D eigenvalue weighted by molar-refractivity contribution is 5.76. The van der Waals surface area contributed by atoms with Crippen molar-refractivity contribution in [2.75, 3.05) is 19.8 Å². The Balaban J connectivity index is 1.72. The molecule has 0 unspecified atom stereocenters. The molecule has 0 radical (unpaired) electrons. The summed E-state index contributed by atoms with van der Waals surface area (Å²) in [5, 5.41) is 2.84. The van der Waals surface area contributed by atoms with E-state index in [0.29, 0.717) is 36.7 Å². The van der Waals surface area contributed by atoms with Crippen LogP contribution in [-0.2, 0) is 16.1 Å². The van der Waals surface area contributed by atoms with Gasteiger partial charge in [-0.2, -0.15) is 0 Å². The Morgan fingerprint density at radius 1 is 1.35 bits per heavy atom. The maximum absolute atomic E-state index is 11.8. The van der Waals surface area contributed by atoms with Crippen molar-refractivity contribution in [2.45, 2.75) is 33.2 Å². The van der Waals surface area contributed by atoms with Crippen LogP contribution in [0.4, 0.5) is 0 Å². The Morgan fingerprint density at radius 3 is 2.91 bits per heavy atom. The van der Waals surface area contributed by atoms with E-state index in [4.69, 9.17) is 9.15 Å². The number of hydrogen-bond acceptors (Lipinski definition) is 4. The summed E-state index contributed by atoms with van der Waals surface area (Å²) < 4.78 is 12.1. The van der Waals surface area contributed by atoms with Crippen LogP contribution in [0.25, 0.3) is 11.1 Å². The molecule has 23 heavy (non-hydrogen) atoms. The van der Waals surface area contributed by atoms with Crippen molar-refractivity contribution >= 4 is 17.0 Å². The van der Waals surface area contributed by atoms with E-state index in [-0.39, 0.29) is 12.3 Å². The molecule has 1 amide bonds. The minimum atomic E-state index is -0.430. The van der Waals surface area contributed by atoms with Gasteiger partial charge in [0.05, 0.1) is 5.52 Å². The van der Waals surface area contributed by atoms with Gasteiger partial charge in [0.25, 0.3) is 0 Å². The number of benzene rings is 1. The van der Waals surface area contributed by atoms with Gasteiger partial charge in [-0.15, -0.1) is 0 Å². The molecule has 6 heteroatoms. The molecule has 2 rings (SSSR count). The molecular formula is C17H24N2O4. The highest BCUT2D eigenvalue weighted by Gasteiger charge is 2.10. The largest absolute Gasteiger partial charge is 0.419 e. The lowest BCUT2D eigenvalue weighted by Crippen LogP contribution is -2.27. The highest BCUT2D eigenvalue weighted by Crippen LogP contribution is 2.11. The number of rotatable bonds is 9. The van der Waals surface area contributed by atoms with Gasteiger partial charge in [-0.05, 0) is 24.5 Å². The molecule has 0 spiro atoms. The van der Waals surface area contributed by atoms with Crippen molar-refractivity contribution in [3.63, 3.8) is 0 Å². The maximum atomic E-state index is 11.8. The summed E-state index contributed by atoms with van der Waals surface area (Å²) in [5.41, 5.74) is 1.26. The van der Waals surface area contributed by atoms with Gasteiger partial charge in [0.1, 0.15) is 0 Å². The molecule has 1 heterocycles. The summed E-state index contributed by atoms with van der Waals surface area (Å²) in [6.45, 7) is 6.48. The third-order valence-electron chi connectivity index (χ3n) is 3.37. The number of hydrogen-bond donors (Lipinski definition) is 1. The zero-order chi connectivity index (χ0) is 16.7. The SMILES string of the molecule is CC(C)COCCCNC(=O)CCn1c(=O)oc2ccccc21. The number of amides is 1. The summed E-state index contributed by atoms with van der Waals surface area (Å²) in [6, 6.07) is 7.20. The van der Waals surface area contributed by atoms with Crippen molar-refractivity contribution in [2.24, 2.45) is 5.92 Å². The molecule has 6 nitrogen and oxygen atoms in total. The Kier molecular flexibility index (Phi) is 6.40.